The van der Waals surface area contributed by atoms with Crippen LogP contribution >= 0.6 is 0 Å². The third-order valence-corrected chi connectivity index (χ3v) is 4.48. The van der Waals surface area contributed by atoms with Gasteiger partial charge in [0.1, 0.15) is 17.6 Å². The standard InChI is InChI=1S/C19H21NO6/c1-24-14-5-3-4-12(10-14)16-6-7-17(26-16)18(22)20-9-8-13(21)11-15(20)19(23)25-2/h3-7,10,13,15,21H,8-9,11H2,1-2H3/t13-,15+/m0/s1. The molecule has 0 aliphatic carbocycles. The van der Waals surface area contributed by atoms with Crippen LogP contribution in [-0.4, -0.2) is 54.8 Å². The summed E-state index contributed by atoms with van der Waals surface area (Å²) in [5.41, 5.74) is 0.780. The summed E-state index contributed by atoms with van der Waals surface area (Å²) < 4.78 is 15.7. The Morgan fingerprint density at radius 2 is 2.04 bits per heavy atom. The van der Waals surface area contributed by atoms with Crippen molar-refractivity contribution in [1.82, 2.24) is 4.90 Å². The van der Waals surface area contributed by atoms with E-state index in [1.54, 1.807) is 19.2 Å². The predicted molar refractivity (Wildman–Crippen MR) is 92.8 cm³/mol. The Morgan fingerprint density at radius 1 is 1.23 bits per heavy atom. The van der Waals surface area contributed by atoms with Gasteiger partial charge >= 0.3 is 5.97 Å². The van der Waals surface area contributed by atoms with Crippen LogP contribution in [0.5, 0.6) is 5.75 Å². The van der Waals surface area contributed by atoms with Crippen LogP contribution < -0.4 is 4.74 Å². The highest BCUT2D eigenvalue weighted by atomic mass is 16.5. The van der Waals surface area contributed by atoms with E-state index in [1.165, 1.54) is 12.0 Å². The molecular weight excluding hydrogens is 338 g/mol. The smallest absolute Gasteiger partial charge is 0.328 e. The zero-order valence-corrected chi connectivity index (χ0v) is 14.7. The number of piperidine rings is 1. The molecule has 138 valence electrons. The molecule has 0 spiro atoms. The van der Waals surface area contributed by atoms with Crippen molar-refractivity contribution in [3.8, 4) is 17.1 Å². The lowest BCUT2D eigenvalue weighted by Gasteiger charge is -2.35. The molecule has 1 fully saturated rings. The highest BCUT2D eigenvalue weighted by Crippen LogP contribution is 2.28. The van der Waals surface area contributed by atoms with Crippen LogP contribution in [0, 0.1) is 0 Å². The number of aliphatic hydroxyl groups excluding tert-OH is 1. The van der Waals surface area contributed by atoms with Crippen LogP contribution in [0.3, 0.4) is 0 Å². The van der Waals surface area contributed by atoms with Gasteiger partial charge < -0.3 is 23.9 Å². The summed E-state index contributed by atoms with van der Waals surface area (Å²) in [6, 6.07) is 9.77. The van der Waals surface area contributed by atoms with Crippen LogP contribution in [-0.2, 0) is 9.53 Å². The number of benzene rings is 1. The number of hydrogen-bond donors (Lipinski definition) is 1. The third-order valence-electron chi connectivity index (χ3n) is 4.48. The summed E-state index contributed by atoms with van der Waals surface area (Å²) >= 11 is 0. The fourth-order valence-corrected chi connectivity index (χ4v) is 3.08. The van der Waals surface area contributed by atoms with Gasteiger partial charge in [-0.05, 0) is 30.7 Å². The molecule has 26 heavy (non-hydrogen) atoms. The van der Waals surface area contributed by atoms with Crippen LogP contribution in [0.1, 0.15) is 23.4 Å². The second-order valence-electron chi connectivity index (χ2n) is 6.11. The van der Waals surface area contributed by atoms with Gasteiger partial charge in [0.2, 0.25) is 0 Å². The summed E-state index contributed by atoms with van der Waals surface area (Å²) in [7, 11) is 2.84. The number of furan rings is 1. The van der Waals surface area contributed by atoms with Crippen LogP contribution in [0.2, 0.25) is 0 Å². The number of rotatable bonds is 4. The Morgan fingerprint density at radius 3 is 2.77 bits per heavy atom. The summed E-state index contributed by atoms with van der Waals surface area (Å²) in [5, 5.41) is 9.82. The molecule has 0 saturated carbocycles. The van der Waals surface area contributed by atoms with Crippen LogP contribution in [0.15, 0.2) is 40.8 Å². The molecule has 0 radical (unpaired) electrons. The zero-order valence-electron chi connectivity index (χ0n) is 14.7. The van der Waals surface area contributed by atoms with E-state index in [2.05, 4.69) is 0 Å². The minimum absolute atomic E-state index is 0.133. The molecule has 1 aliphatic rings. The van der Waals surface area contributed by atoms with Crippen molar-refractivity contribution in [3.63, 3.8) is 0 Å². The molecule has 2 atom stereocenters. The first-order valence-electron chi connectivity index (χ1n) is 8.34. The molecule has 1 N–H and O–H groups in total. The van der Waals surface area contributed by atoms with Gasteiger partial charge in [-0.1, -0.05) is 12.1 Å². The first-order chi connectivity index (χ1) is 12.5. The third kappa shape index (κ3) is 3.57. The van der Waals surface area contributed by atoms with Crippen molar-refractivity contribution >= 4 is 11.9 Å². The monoisotopic (exact) mass is 359 g/mol. The van der Waals surface area contributed by atoms with E-state index < -0.39 is 24.0 Å². The lowest BCUT2D eigenvalue weighted by molar-refractivity contribution is -0.148. The Bertz CT molecular complexity index is 799. The number of amides is 1. The highest BCUT2D eigenvalue weighted by molar-refractivity contribution is 5.95. The van der Waals surface area contributed by atoms with Gasteiger partial charge in [-0.3, -0.25) is 4.79 Å². The van der Waals surface area contributed by atoms with Crippen molar-refractivity contribution < 1.29 is 28.6 Å². The largest absolute Gasteiger partial charge is 0.497 e. The maximum absolute atomic E-state index is 12.8. The fourth-order valence-electron chi connectivity index (χ4n) is 3.08. The Labute approximate surface area is 151 Å². The summed E-state index contributed by atoms with van der Waals surface area (Å²) in [6.07, 6.45) is -0.0723. The molecule has 3 rings (SSSR count). The average Bonchev–Trinajstić information content (AvgIpc) is 3.17. The molecular formula is C19H21NO6. The minimum atomic E-state index is -0.818. The molecule has 0 bridgehead atoms. The summed E-state index contributed by atoms with van der Waals surface area (Å²) in [5.74, 6) is 0.396. The second kappa shape index (κ2) is 7.61. The van der Waals surface area contributed by atoms with E-state index in [0.29, 0.717) is 17.9 Å². The van der Waals surface area contributed by atoms with Gasteiger partial charge in [-0.25, -0.2) is 4.79 Å². The number of methoxy groups -OCH3 is 2. The Hall–Kier alpha value is -2.80. The van der Waals surface area contributed by atoms with Crippen molar-refractivity contribution in [1.29, 1.82) is 0 Å². The van der Waals surface area contributed by atoms with Gasteiger partial charge in [-0.15, -0.1) is 0 Å². The normalized spacial score (nSPS) is 19.9. The number of aliphatic hydroxyl groups is 1. The van der Waals surface area contributed by atoms with E-state index in [-0.39, 0.29) is 18.7 Å². The molecule has 1 amide bonds. The second-order valence-corrected chi connectivity index (χ2v) is 6.11. The van der Waals surface area contributed by atoms with Crippen molar-refractivity contribution in [3.05, 3.63) is 42.2 Å². The SMILES string of the molecule is COC(=O)[C@H]1C[C@@H](O)CCN1C(=O)c1ccc(-c2cccc(OC)c2)o1. The molecule has 0 unspecified atom stereocenters. The lowest BCUT2D eigenvalue weighted by Crippen LogP contribution is -2.51. The molecule has 1 saturated heterocycles. The molecule has 1 aromatic carbocycles. The van der Waals surface area contributed by atoms with Gasteiger partial charge in [0, 0.05) is 18.5 Å². The maximum atomic E-state index is 12.8. The minimum Gasteiger partial charge on any atom is -0.497 e. The van der Waals surface area contributed by atoms with E-state index in [4.69, 9.17) is 13.9 Å². The number of ether oxygens (including phenoxy) is 2. The lowest BCUT2D eigenvalue weighted by atomic mass is 9.99. The number of hydrogen-bond acceptors (Lipinski definition) is 6. The van der Waals surface area contributed by atoms with Crippen molar-refractivity contribution in [2.24, 2.45) is 0 Å². The first-order valence-corrected chi connectivity index (χ1v) is 8.34. The van der Waals surface area contributed by atoms with Gasteiger partial charge in [0.05, 0.1) is 20.3 Å². The molecule has 2 heterocycles. The molecule has 7 heteroatoms. The van der Waals surface area contributed by atoms with Gasteiger partial charge in [0.25, 0.3) is 5.91 Å². The number of carbonyl (C=O) groups excluding carboxylic acids is 2. The summed E-state index contributed by atoms with van der Waals surface area (Å²) in [6.45, 7) is 0.259. The molecule has 7 nitrogen and oxygen atoms in total. The zero-order chi connectivity index (χ0) is 18.7. The molecule has 2 aromatic rings. The van der Waals surface area contributed by atoms with Gasteiger partial charge in [-0.2, -0.15) is 0 Å². The quantitative estimate of drug-likeness (QED) is 0.841. The molecule has 1 aliphatic heterocycles. The molecule has 1 aromatic heterocycles. The number of carbonyl (C=O) groups is 2. The number of esters is 1. The number of likely N-dealkylation sites (tertiary alicyclic amines) is 1. The number of nitrogens with zero attached hydrogens (tertiary/aromatic N) is 1. The topological polar surface area (TPSA) is 89.2 Å². The van der Waals surface area contributed by atoms with E-state index in [0.717, 1.165) is 5.56 Å². The van der Waals surface area contributed by atoms with Gasteiger partial charge in [0.15, 0.2) is 5.76 Å². The van der Waals surface area contributed by atoms with Crippen LogP contribution in [0.25, 0.3) is 11.3 Å². The Kier molecular flexibility index (Phi) is 5.27. The first kappa shape index (κ1) is 18.0. The summed E-state index contributed by atoms with van der Waals surface area (Å²) in [4.78, 5) is 26.2. The fraction of sp³-hybridized carbons (Fsp3) is 0.368. The average molecular weight is 359 g/mol. The van der Waals surface area contributed by atoms with Crippen LogP contribution in [0.4, 0.5) is 0 Å². The Balaban J connectivity index is 1.83. The van der Waals surface area contributed by atoms with E-state index >= 15 is 0 Å². The predicted octanol–water partition coefficient (Wildman–Crippen LogP) is 2.09. The van der Waals surface area contributed by atoms with E-state index in [1.807, 2.05) is 24.3 Å². The van der Waals surface area contributed by atoms with Crippen molar-refractivity contribution in [2.45, 2.75) is 25.0 Å². The van der Waals surface area contributed by atoms with E-state index in [9.17, 15) is 14.7 Å². The maximum Gasteiger partial charge on any atom is 0.328 e. The van der Waals surface area contributed by atoms with Crippen molar-refractivity contribution in [2.75, 3.05) is 20.8 Å². The highest BCUT2D eigenvalue weighted by Gasteiger charge is 2.37.